The van der Waals surface area contributed by atoms with E-state index in [1.165, 1.54) is 0 Å². The van der Waals surface area contributed by atoms with Gasteiger partial charge in [0.05, 0.1) is 5.69 Å². The molecule has 94 valence electrons. The van der Waals surface area contributed by atoms with Crippen LogP contribution in [0, 0.1) is 16.5 Å². The third kappa shape index (κ3) is 2.97. The lowest BCUT2D eigenvalue weighted by atomic mass is 10.1. The van der Waals surface area contributed by atoms with Crippen molar-refractivity contribution in [3.05, 3.63) is 23.5 Å². The van der Waals surface area contributed by atoms with E-state index in [1.54, 1.807) is 5.40 Å². The highest BCUT2D eigenvalue weighted by molar-refractivity contribution is 8.03. The van der Waals surface area contributed by atoms with Gasteiger partial charge in [-0.2, -0.15) is 5.26 Å². The Morgan fingerprint density at radius 3 is 2.72 bits per heavy atom. The fourth-order valence-electron chi connectivity index (χ4n) is 1.13. The van der Waals surface area contributed by atoms with Gasteiger partial charge in [-0.15, -0.1) is 0 Å². The molecule has 1 rings (SSSR count). The number of benzene rings is 1. The van der Waals surface area contributed by atoms with Crippen molar-refractivity contribution in [2.24, 2.45) is 5.73 Å². The molecule has 1 aromatic rings. The lowest BCUT2D eigenvalue weighted by molar-refractivity contribution is -0.137. The molecule has 8 heteroatoms. The summed E-state index contributed by atoms with van der Waals surface area (Å²) in [6, 6.07) is 1.89. The molecule has 0 unspecified atom stereocenters. The zero-order valence-electron chi connectivity index (χ0n) is 8.97. The first kappa shape index (κ1) is 14.0. The minimum Gasteiger partial charge on any atom is -0.444 e. The topological polar surface area (TPSA) is 119 Å². The number of esters is 1. The first-order valence-electron chi connectivity index (χ1n) is 4.57. The second kappa shape index (κ2) is 6.00. The van der Waals surface area contributed by atoms with Crippen LogP contribution in [-0.4, -0.2) is 18.5 Å². The SMILES string of the molecule is N#CSc1cc(F)c(N)cc1C(=O)C(=O)OCN. The van der Waals surface area contributed by atoms with Crippen LogP contribution in [0.3, 0.4) is 0 Å². The van der Waals surface area contributed by atoms with Crippen LogP contribution < -0.4 is 11.5 Å². The molecule has 6 nitrogen and oxygen atoms in total. The summed E-state index contributed by atoms with van der Waals surface area (Å²) in [6.07, 6.45) is 0. The van der Waals surface area contributed by atoms with E-state index >= 15 is 0 Å². The number of ether oxygens (including phenoxy) is 1. The Morgan fingerprint density at radius 1 is 1.50 bits per heavy atom. The molecule has 0 radical (unpaired) electrons. The van der Waals surface area contributed by atoms with Crippen LogP contribution in [0.25, 0.3) is 0 Å². The van der Waals surface area contributed by atoms with Gasteiger partial charge in [0, 0.05) is 10.5 Å². The molecule has 0 aliphatic carbocycles. The number of thiocyanates is 1. The Kier molecular flexibility index (Phi) is 4.65. The van der Waals surface area contributed by atoms with E-state index in [4.69, 9.17) is 16.7 Å². The quantitative estimate of drug-likeness (QED) is 0.156. The third-order valence-corrected chi connectivity index (χ3v) is 2.55. The van der Waals surface area contributed by atoms with Gasteiger partial charge < -0.3 is 10.5 Å². The fraction of sp³-hybridized carbons (Fsp3) is 0.100. The number of nitriles is 1. The average Bonchev–Trinajstić information content (AvgIpc) is 2.33. The van der Waals surface area contributed by atoms with Crippen molar-refractivity contribution in [3.63, 3.8) is 0 Å². The maximum Gasteiger partial charge on any atom is 0.381 e. The van der Waals surface area contributed by atoms with E-state index < -0.39 is 24.3 Å². The van der Waals surface area contributed by atoms with Gasteiger partial charge in [0.2, 0.25) is 0 Å². The summed E-state index contributed by atoms with van der Waals surface area (Å²) in [6.45, 7) is -0.456. The van der Waals surface area contributed by atoms with Crippen LogP contribution in [0.5, 0.6) is 0 Å². The largest absolute Gasteiger partial charge is 0.444 e. The fourth-order valence-corrected chi connectivity index (χ4v) is 1.66. The Bertz CT molecular complexity index is 542. The molecule has 0 fully saturated rings. The molecule has 0 heterocycles. The summed E-state index contributed by atoms with van der Waals surface area (Å²) in [7, 11) is 0. The number of nitrogens with zero attached hydrogens (tertiary/aromatic N) is 1. The minimum absolute atomic E-state index is 0.0110. The Labute approximate surface area is 106 Å². The molecule has 0 bridgehead atoms. The van der Waals surface area contributed by atoms with Gasteiger partial charge >= 0.3 is 5.97 Å². The van der Waals surface area contributed by atoms with E-state index in [0.29, 0.717) is 11.8 Å². The van der Waals surface area contributed by atoms with Crippen molar-refractivity contribution in [2.75, 3.05) is 12.5 Å². The molecular formula is C10H8FN3O3S. The second-order valence-electron chi connectivity index (χ2n) is 2.99. The van der Waals surface area contributed by atoms with E-state index in [0.717, 1.165) is 12.1 Å². The van der Waals surface area contributed by atoms with E-state index in [9.17, 15) is 14.0 Å². The van der Waals surface area contributed by atoms with Gasteiger partial charge in [0.15, 0.2) is 0 Å². The minimum atomic E-state index is -1.19. The van der Waals surface area contributed by atoms with E-state index in [2.05, 4.69) is 4.74 Å². The van der Waals surface area contributed by atoms with Gasteiger partial charge in [-0.25, -0.2) is 9.18 Å². The normalized spacial score (nSPS) is 9.61. The molecule has 0 aliphatic heterocycles. The number of halogens is 1. The number of hydrogen-bond acceptors (Lipinski definition) is 7. The number of anilines is 1. The van der Waals surface area contributed by atoms with Crippen LogP contribution >= 0.6 is 11.8 Å². The van der Waals surface area contributed by atoms with Gasteiger partial charge in [-0.05, 0) is 23.9 Å². The molecule has 0 amide bonds. The smallest absolute Gasteiger partial charge is 0.381 e. The second-order valence-corrected chi connectivity index (χ2v) is 3.82. The highest BCUT2D eigenvalue weighted by Crippen LogP contribution is 2.27. The number of thioether (sulfide) groups is 1. The van der Waals surface area contributed by atoms with Crippen molar-refractivity contribution in [1.29, 1.82) is 5.26 Å². The van der Waals surface area contributed by atoms with E-state index in [1.807, 2.05) is 0 Å². The number of carbonyl (C=O) groups is 2. The molecular weight excluding hydrogens is 261 g/mol. The Hall–Kier alpha value is -2.11. The molecule has 0 atom stereocenters. The lowest BCUT2D eigenvalue weighted by Crippen LogP contribution is -2.21. The highest BCUT2D eigenvalue weighted by Gasteiger charge is 2.23. The maximum atomic E-state index is 13.2. The van der Waals surface area contributed by atoms with Crippen LogP contribution in [-0.2, 0) is 9.53 Å². The molecule has 1 aromatic carbocycles. The summed E-state index contributed by atoms with van der Waals surface area (Å²) < 4.78 is 17.5. The van der Waals surface area contributed by atoms with Crippen molar-refractivity contribution in [3.8, 4) is 5.40 Å². The number of carbonyl (C=O) groups excluding carboxylic acids is 2. The molecule has 0 saturated carbocycles. The third-order valence-electron chi connectivity index (χ3n) is 1.90. The summed E-state index contributed by atoms with van der Waals surface area (Å²) >= 11 is 0.539. The standard InChI is InChI=1S/C10H8FN3O3S/c11-6-2-8(18-4-13)5(1-7(6)14)9(15)10(16)17-3-12/h1-2H,3,12,14H2. The van der Waals surface area contributed by atoms with Crippen molar-refractivity contribution < 1.29 is 18.7 Å². The summed E-state index contributed by atoms with van der Waals surface area (Å²) in [5, 5.41) is 10.2. The molecule has 0 aromatic heterocycles. The van der Waals surface area contributed by atoms with Crippen molar-refractivity contribution >= 4 is 29.2 Å². The highest BCUT2D eigenvalue weighted by atomic mass is 32.2. The predicted molar refractivity (Wildman–Crippen MR) is 61.8 cm³/mol. The van der Waals surface area contributed by atoms with Crippen molar-refractivity contribution in [1.82, 2.24) is 0 Å². The predicted octanol–water partition coefficient (Wildman–Crippen LogP) is 0.623. The summed E-state index contributed by atoms with van der Waals surface area (Å²) in [5.74, 6) is -3.01. The number of hydrogen-bond donors (Lipinski definition) is 2. The summed E-state index contributed by atoms with van der Waals surface area (Å²) in [4.78, 5) is 22.9. The zero-order chi connectivity index (χ0) is 13.7. The van der Waals surface area contributed by atoms with Crippen molar-refractivity contribution in [2.45, 2.75) is 4.90 Å². The van der Waals surface area contributed by atoms with Gasteiger partial charge in [0.1, 0.15) is 17.9 Å². The first-order chi connectivity index (χ1) is 8.51. The number of nitrogens with two attached hydrogens (primary N) is 2. The van der Waals surface area contributed by atoms with Gasteiger partial charge in [0.25, 0.3) is 5.78 Å². The molecule has 0 saturated heterocycles. The molecule has 0 aliphatic rings. The van der Waals surface area contributed by atoms with Crippen LogP contribution in [0.1, 0.15) is 10.4 Å². The molecule has 4 N–H and O–H groups in total. The van der Waals surface area contributed by atoms with Gasteiger partial charge in [-0.3, -0.25) is 10.5 Å². The number of ketones is 1. The average molecular weight is 269 g/mol. The lowest BCUT2D eigenvalue weighted by Gasteiger charge is -2.06. The number of Topliss-reactive ketones (excluding diaryl/α,β-unsaturated/α-hetero) is 1. The summed E-state index contributed by atoms with van der Waals surface area (Å²) in [5.41, 5.74) is 9.76. The van der Waals surface area contributed by atoms with Crippen LogP contribution in [0.15, 0.2) is 17.0 Å². The number of rotatable bonds is 4. The molecule has 0 spiro atoms. The molecule has 18 heavy (non-hydrogen) atoms. The first-order valence-corrected chi connectivity index (χ1v) is 5.39. The number of nitrogen functional groups attached to an aromatic ring is 1. The monoisotopic (exact) mass is 269 g/mol. The Morgan fingerprint density at radius 2 is 2.17 bits per heavy atom. The zero-order valence-corrected chi connectivity index (χ0v) is 9.79. The van der Waals surface area contributed by atoms with Gasteiger partial charge in [-0.1, -0.05) is 0 Å². The van der Waals surface area contributed by atoms with Crippen LogP contribution in [0.4, 0.5) is 10.1 Å². The maximum absolute atomic E-state index is 13.2. The Balaban J connectivity index is 3.22. The van der Waals surface area contributed by atoms with Crippen LogP contribution in [0.2, 0.25) is 0 Å². The van der Waals surface area contributed by atoms with E-state index in [-0.39, 0.29) is 16.1 Å².